The van der Waals surface area contributed by atoms with E-state index in [2.05, 4.69) is 10.2 Å². The fraction of sp³-hybridized carbons (Fsp3) is 0.500. The van der Waals surface area contributed by atoms with Crippen molar-refractivity contribution >= 4 is 15.9 Å². The molecular formula is C18H24N4O4S. The van der Waals surface area contributed by atoms with Gasteiger partial charge in [-0.25, -0.2) is 8.42 Å². The Bertz CT molecular complexity index is 931. The minimum absolute atomic E-state index is 0.0329. The average molecular weight is 392 g/mol. The van der Waals surface area contributed by atoms with Gasteiger partial charge in [0.25, 0.3) is 0 Å². The van der Waals surface area contributed by atoms with Crippen molar-refractivity contribution in [3.8, 4) is 0 Å². The Morgan fingerprint density at radius 2 is 1.81 bits per heavy atom. The number of carbonyl (C=O) groups excluding carboxylic acids is 1. The van der Waals surface area contributed by atoms with Crippen molar-refractivity contribution in [2.24, 2.45) is 0 Å². The molecule has 1 saturated heterocycles. The molecule has 0 N–H and O–H groups in total. The Balaban J connectivity index is 1.58. The van der Waals surface area contributed by atoms with Crippen LogP contribution in [0.3, 0.4) is 0 Å². The first-order valence-corrected chi connectivity index (χ1v) is 10.4. The first-order valence-electron chi connectivity index (χ1n) is 8.91. The predicted molar refractivity (Wildman–Crippen MR) is 98.6 cm³/mol. The molecular weight excluding hydrogens is 368 g/mol. The molecule has 2 aromatic rings. The van der Waals surface area contributed by atoms with Crippen LogP contribution in [0.1, 0.15) is 29.3 Å². The Morgan fingerprint density at radius 1 is 1.11 bits per heavy atom. The van der Waals surface area contributed by atoms with E-state index in [1.54, 1.807) is 30.9 Å². The normalized spacial score (nSPS) is 15.9. The Morgan fingerprint density at radius 3 is 2.41 bits per heavy atom. The van der Waals surface area contributed by atoms with Crippen LogP contribution in [0.25, 0.3) is 0 Å². The van der Waals surface area contributed by atoms with E-state index in [4.69, 9.17) is 4.42 Å². The molecule has 3 rings (SSSR count). The molecule has 1 aliphatic rings. The van der Waals surface area contributed by atoms with Crippen molar-refractivity contribution < 1.29 is 17.6 Å². The van der Waals surface area contributed by atoms with Gasteiger partial charge in [0.05, 0.1) is 4.90 Å². The van der Waals surface area contributed by atoms with Gasteiger partial charge in [-0.15, -0.1) is 10.2 Å². The molecule has 0 bridgehead atoms. The zero-order valence-corrected chi connectivity index (χ0v) is 16.6. The van der Waals surface area contributed by atoms with Crippen LogP contribution in [0.5, 0.6) is 0 Å². The molecule has 8 nitrogen and oxygen atoms in total. The van der Waals surface area contributed by atoms with Gasteiger partial charge < -0.3 is 9.32 Å². The van der Waals surface area contributed by atoms with Crippen LogP contribution in [0, 0.1) is 20.8 Å². The van der Waals surface area contributed by atoms with Crippen molar-refractivity contribution in [2.75, 3.05) is 26.2 Å². The van der Waals surface area contributed by atoms with E-state index in [9.17, 15) is 13.2 Å². The molecule has 0 aliphatic carbocycles. The maximum Gasteiger partial charge on any atom is 0.243 e. The Kier molecular flexibility index (Phi) is 5.61. The van der Waals surface area contributed by atoms with Gasteiger partial charge in [-0.3, -0.25) is 4.79 Å². The molecule has 0 spiro atoms. The van der Waals surface area contributed by atoms with E-state index in [1.807, 2.05) is 13.0 Å². The lowest BCUT2D eigenvalue weighted by Gasteiger charge is -2.34. The Labute approximate surface area is 159 Å². The molecule has 9 heteroatoms. The van der Waals surface area contributed by atoms with Gasteiger partial charge >= 0.3 is 0 Å². The SMILES string of the molecule is Cc1ccc(S(=O)(=O)N2CCN(C(=O)CCc3nnc(C)o3)CC2)c(C)c1. The minimum atomic E-state index is -3.55. The van der Waals surface area contributed by atoms with Crippen LogP contribution in [0.4, 0.5) is 0 Å². The van der Waals surface area contributed by atoms with Crippen molar-refractivity contribution in [1.82, 2.24) is 19.4 Å². The molecule has 0 radical (unpaired) electrons. The largest absolute Gasteiger partial charge is 0.426 e. The first-order chi connectivity index (χ1) is 12.8. The number of aromatic nitrogens is 2. The number of piperazine rings is 1. The summed E-state index contributed by atoms with van der Waals surface area (Å²) in [4.78, 5) is 14.4. The number of rotatable bonds is 5. The van der Waals surface area contributed by atoms with E-state index in [1.165, 1.54) is 4.31 Å². The summed E-state index contributed by atoms with van der Waals surface area (Å²) in [5, 5.41) is 7.62. The number of amides is 1. The smallest absolute Gasteiger partial charge is 0.243 e. The van der Waals surface area contributed by atoms with Crippen LogP contribution in [0.2, 0.25) is 0 Å². The molecule has 0 atom stereocenters. The van der Waals surface area contributed by atoms with Gasteiger partial charge in [-0.2, -0.15) is 4.31 Å². The fourth-order valence-electron chi connectivity index (χ4n) is 3.22. The summed E-state index contributed by atoms with van der Waals surface area (Å²) in [7, 11) is -3.55. The number of hydrogen-bond donors (Lipinski definition) is 0. The van der Waals surface area contributed by atoms with Crippen molar-refractivity contribution in [3.05, 3.63) is 41.1 Å². The van der Waals surface area contributed by atoms with Crippen LogP contribution in [-0.2, 0) is 21.2 Å². The highest BCUT2D eigenvalue weighted by atomic mass is 32.2. The number of benzene rings is 1. The summed E-state index contributed by atoms with van der Waals surface area (Å²) >= 11 is 0. The second-order valence-electron chi connectivity index (χ2n) is 6.77. The molecule has 1 amide bonds. The average Bonchev–Trinajstić information content (AvgIpc) is 3.05. The molecule has 0 saturated carbocycles. The highest BCUT2D eigenvalue weighted by Crippen LogP contribution is 2.22. The number of nitrogens with zero attached hydrogens (tertiary/aromatic N) is 4. The molecule has 1 fully saturated rings. The molecule has 1 aromatic carbocycles. The first kappa shape index (κ1) is 19.5. The third-order valence-corrected chi connectivity index (χ3v) is 6.72. The van der Waals surface area contributed by atoms with Gasteiger partial charge in [0.15, 0.2) is 0 Å². The van der Waals surface area contributed by atoms with Gasteiger partial charge in [0, 0.05) is 45.9 Å². The molecule has 1 aliphatic heterocycles. The van der Waals surface area contributed by atoms with Crippen molar-refractivity contribution in [3.63, 3.8) is 0 Å². The highest BCUT2D eigenvalue weighted by Gasteiger charge is 2.31. The maximum absolute atomic E-state index is 12.9. The number of carbonyl (C=O) groups is 1. The lowest BCUT2D eigenvalue weighted by Crippen LogP contribution is -2.50. The zero-order valence-electron chi connectivity index (χ0n) is 15.8. The molecule has 146 valence electrons. The van der Waals surface area contributed by atoms with E-state index in [0.717, 1.165) is 11.1 Å². The molecule has 1 aromatic heterocycles. The van der Waals surface area contributed by atoms with Crippen molar-refractivity contribution in [1.29, 1.82) is 0 Å². The second-order valence-corrected chi connectivity index (χ2v) is 8.67. The summed E-state index contributed by atoms with van der Waals surface area (Å²) in [6, 6.07) is 5.33. The predicted octanol–water partition coefficient (Wildman–Crippen LogP) is 1.46. The van der Waals surface area contributed by atoms with Crippen LogP contribution >= 0.6 is 0 Å². The monoisotopic (exact) mass is 392 g/mol. The highest BCUT2D eigenvalue weighted by molar-refractivity contribution is 7.89. The van der Waals surface area contributed by atoms with E-state index < -0.39 is 10.0 Å². The maximum atomic E-state index is 12.9. The third kappa shape index (κ3) is 4.36. The van der Waals surface area contributed by atoms with Gasteiger partial charge in [-0.05, 0) is 25.5 Å². The quantitative estimate of drug-likeness (QED) is 0.764. The second kappa shape index (κ2) is 7.77. The summed E-state index contributed by atoms with van der Waals surface area (Å²) < 4.78 is 32.5. The van der Waals surface area contributed by atoms with Crippen molar-refractivity contribution in [2.45, 2.75) is 38.5 Å². The lowest BCUT2D eigenvalue weighted by atomic mass is 10.2. The lowest BCUT2D eigenvalue weighted by molar-refractivity contribution is -0.132. The van der Waals surface area contributed by atoms with E-state index >= 15 is 0 Å². The van der Waals surface area contributed by atoms with Gasteiger partial charge in [0.1, 0.15) is 0 Å². The zero-order chi connectivity index (χ0) is 19.6. The minimum Gasteiger partial charge on any atom is -0.426 e. The van der Waals surface area contributed by atoms with Gasteiger partial charge in [-0.1, -0.05) is 17.7 Å². The molecule has 2 heterocycles. The number of hydrogen-bond acceptors (Lipinski definition) is 6. The van der Waals surface area contributed by atoms with Crippen LogP contribution in [0.15, 0.2) is 27.5 Å². The summed E-state index contributed by atoms with van der Waals surface area (Å²) in [6.45, 7) is 6.79. The summed E-state index contributed by atoms with van der Waals surface area (Å²) in [6.07, 6.45) is 0.659. The molecule has 27 heavy (non-hydrogen) atoms. The fourth-order valence-corrected chi connectivity index (χ4v) is 4.84. The van der Waals surface area contributed by atoms with Gasteiger partial charge in [0.2, 0.25) is 27.7 Å². The standard InChI is InChI=1S/C18H24N4O4S/c1-13-4-5-16(14(2)12-13)27(24,25)22-10-8-21(9-11-22)18(23)7-6-17-20-19-15(3)26-17/h4-5,12H,6-11H2,1-3H3. The third-order valence-electron chi connectivity index (χ3n) is 4.66. The van der Waals surface area contributed by atoms with Crippen LogP contribution < -0.4 is 0 Å². The van der Waals surface area contributed by atoms with Crippen LogP contribution in [-0.4, -0.2) is 59.9 Å². The summed E-state index contributed by atoms with van der Waals surface area (Å²) in [5.74, 6) is 0.883. The van der Waals surface area contributed by atoms with E-state index in [0.29, 0.717) is 49.3 Å². The topological polar surface area (TPSA) is 96.6 Å². The molecule has 0 unspecified atom stereocenters. The summed E-state index contributed by atoms with van der Waals surface area (Å²) in [5.41, 5.74) is 1.77. The number of aryl methyl sites for hydroxylation is 4. The number of sulfonamides is 1. The van der Waals surface area contributed by atoms with E-state index in [-0.39, 0.29) is 12.3 Å². The Hall–Kier alpha value is -2.26.